The second-order valence-electron chi connectivity index (χ2n) is 3.79. The number of non-ortho nitro benzene ring substituents is 1. The lowest BCUT2D eigenvalue weighted by atomic mass is 9.95. The van der Waals surface area contributed by atoms with Crippen LogP contribution in [0.25, 0.3) is 0 Å². The summed E-state index contributed by atoms with van der Waals surface area (Å²) in [5.41, 5.74) is 0.0250. The summed E-state index contributed by atoms with van der Waals surface area (Å²) in [6.07, 6.45) is 1.16. The highest BCUT2D eigenvalue weighted by atomic mass is 79.9. The molecule has 18 heavy (non-hydrogen) atoms. The summed E-state index contributed by atoms with van der Waals surface area (Å²) in [4.78, 5) is 22.2. The lowest BCUT2D eigenvalue weighted by molar-refractivity contribution is -0.385. The van der Waals surface area contributed by atoms with Gasteiger partial charge in [0.2, 0.25) is 0 Å². The minimum Gasteiger partial charge on any atom is -0.293 e. The summed E-state index contributed by atoms with van der Waals surface area (Å²) < 4.78 is 0.452. The predicted molar refractivity (Wildman–Crippen MR) is 69.1 cm³/mol. The van der Waals surface area contributed by atoms with Gasteiger partial charge in [0, 0.05) is 22.2 Å². The number of rotatable bonds is 5. The molecule has 0 heterocycles. The Morgan fingerprint density at radius 3 is 2.72 bits per heavy atom. The van der Waals surface area contributed by atoms with Crippen LogP contribution in [-0.2, 0) is 0 Å². The van der Waals surface area contributed by atoms with Crippen LogP contribution < -0.4 is 0 Å². The van der Waals surface area contributed by atoms with Gasteiger partial charge in [-0.05, 0) is 12.5 Å². The molecule has 1 rings (SSSR count). The van der Waals surface area contributed by atoms with Crippen molar-refractivity contribution >= 4 is 27.4 Å². The summed E-state index contributed by atoms with van der Waals surface area (Å²) in [5, 5.41) is 19.6. The molecule has 1 unspecified atom stereocenters. The number of hydrogen-bond donors (Lipinski definition) is 0. The molecule has 0 spiro atoms. The highest BCUT2D eigenvalue weighted by Crippen LogP contribution is 2.24. The first-order chi connectivity index (χ1) is 8.49. The van der Waals surface area contributed by atoms with Crippen molar-refractivity contribution in [2.24, 2.45) is 5.92 Å². The Hall–Kier alpha value is -1.74. The van der Waals surface area contributed by atoms with Crippen LogP contribution in [0.4, 0.5) is 5.69 Å². The summed E-state index contributed by atoms with van der Waals surface area (Å²) in [6.45, 7) is 1.88. The van der Waals surface area contributed by atoms with Gasteiger partial charge < -0.3 is 0 Å². The molecule has 0 saturated heterocycles. The maximum atomic E-state index is 12.0. The topological polar surface area (TPSA) is 84.0 Å². The van der Waals surface area contributed by atoms with E-state index in [1.165, 1.54) is 18.2 Å². The number of Topliss-reactive ketones (excluding diaryl/α,β-unsaturated/α-hetero) is 1. The first-order valence-electron chi connectivity index (χ1n) is 5.38. The van der Waals surface area contributed by atoms with E-state index < -0.39 is 10.8 Å². The van der Waals surface area contributed by atoms with Gasteiger partial charge in [-0.3, -0.25) is 14.9 Å². The van der Waals surface area contributed by atoms with Gasteiger partial charge in [0.05, 0.1) is 11.0 Å². The normalized spacial score (nSPS) is 11.6. The fourth-order valence-electron chi connectivity index (χ4n) is 1.57. The van der Waals surface area contributed by atoms with Gasteiger partial charge in [0.25, 0.3) is 5.69 Å². The van der Waals surface area contributed by atoms with E-state index in [1.54, 1.807) is 0 Å². The second-order valence-corrected chi connectivity index (χ2v) is 4.71. The van der Waals surface area contributed by atoms with E-state index in [9.17, 15) is 14.9 Å². The van der Waals surface area contributed by atoms with E-state index in [4.69, 9.17) is 5.26 Å². The van der Waals surface area contributed by atoms with Gasteiger partial charge in [0.1, 0.15) is 5.92 Å². The molecular weight excluding hydrogens is 300 g/mol. The zero-order valence-corrected chi connectivity index (χ0v) is 11.3. The maximum absolute atomic E-state index is 12.0. The van der Waals surface area contributed by atoms with Crippen molar-refractivity contribution in [3.63, 3.8) is 0 Å². The quantitative estimate of drug-likeness (QED) is 0.473. The summed E-state index contributed by atoms with van der Waals surface area (Å²) in [6, 6.07) is 5.95. The first-order valence-corrected chi connectivity index (χ1v) is 6.17. The van der Waals surface area contributed by atoms with Crippen LogP contribution in [0.2, 0.25) is 0 Å². The molecule has 0 amide bonds. The molecule has 0 aliphatic rings. The Morgan fingerprint density at radius 1 is 1.56 bits per heavy atom. The number of benzene rings is 1. The molecule has 0 fully saturated rings. The number of ketones is 1. The number of carbonyl (C=O) groups is 1. The van der Waals surface area contributed by atoms with Crippen LogP contribution >= 0.6 is 15.9 Å². The number of nitrogens with zero attached hydrogens (tertiary/aromatic N) is 2. The fraction of sp³-hybridized carbons (Fsp3) is 0.333. The van der Waals surface area contributed by atoms with E-state index in [0.29, 0.717) is 17.3 Å². The van der Waals surface area contributed by atoms with Crippen LogP contribution in [-0.4, -0.2) is 10.7 Å². The summed E-state index contributed by atoms with van der Waals surface area (Å²) >= 11 is 3.12. The Bertz CT molecular complexity index is 523. The molecule has 0 aromatic heterocycles. The lowest BCUT2D eigenvalue weighted by Crippen LogP contribution is -2.13. The number of halogens is 1. The molecule has 1 atom stereocenters. The third-order valence-electron chi connectivity index (χ3n) is 2.43. The molecule has 94 valence electrons. The Kier molecular flexibility index (Phi) is 4.98. The van der Waals surface area contributed by atoms with Crippen LogP contribution in [0.5, 0.6) is 0 Å². The Balaban J connectivity index is 3.13. The number of carbonyl (C=O) groups excluding carboxylic acids is 1. The highest BCUT2D eigenvalue weighted by molar-refractivity contribution is 9.10. The van der Waals surface area contributed by atoms with Crippen molar-refractivity contribution < 1.29 is 9.72 Å². The van der Waals surface area contributed by atoms with Gasteiger partial charge in [-0.2, -0.15) is 5.26 Å². The van der Waals surface area contributed by atoms with Crippen molar-refractivity contribution in [3.8, 4) is 6.07 Å². The van der Waals surface area contributed by atoms with Gasteiger partial charge in [-0.1, -0.05) is 29.3 Å². The molecule has 0 saturated carbocycles. The van der Waals surface area contributed by atoms with Crippen LogP contribution in [0.1, 0.15) is 30.1 Å². The number of nitro benzene ring substituents is 1. The van der Waals surface area contributed by atoms with Crippen LogP contribution in [0.3, 0.4) is 0 Å². The lowest BCUT2D eigenvalue weighted by Gasteiger charge is -2.07. The zero-order valence-electron chi connectivity index (χ0n) is 9.72. The maximum Gasteiger partial charge on any atom is 0.271 e. The molecule has 0 N–H and O–H groups in total. The largest absolute Gasteiger partial charge is 0.293 e. The number of nitriles is 1. The van der Waals surface area contributed by atoms with Gasteiger partial charge >= 0.3 is 0 Å². The van der Waals surface area contributed by atoms with Crippen molar-refractivity contribution in [1.82, 2.24) is 0 Å². The molecule has 0 aliphatic carbocycles. The third kappa shape index (κ3) is 3.37. The summed E-state index contributed by atoms with van der Waals surface area (Å²) in [5.74, 6) is -1.12. The average molecular weight is 311 g/mol. The monoisotopic (exact) mass is 310 g/mol. The Morgan fingerprint density at radius 2 is 2.22 bits per heavy atom. The van der Waals surface area contributed by atoms with E-state index in [-0.39, 0.29) is 17.0 Å². The second kappa shape index (κ2) is 6.26. The van der Waals surface area contributed by atoms with E-state index in [2.05, 4.69) is 15.9 Å². The van der Waals surface area contributed by atoms with Crippen molar-refractivity contribution in [3.05, 3.63) is 38.3 Å². The van der Waals surface area contributed by atoms with E-state index >= 15 is 0 Å². The van der Waals surface area contributed by atoms with E-state index in [0.717, 1.165) is 0 Å². The molecule has 0 bridgehead atoms. The molecule has 0 aliphatic heterocycles. The van der Waals surface area contributed by atoms with Gasteiger partial charge in [0.15, 0.2) is 5.78 Å². The van der Waals surface area contributed by atoms with Crippen molar-refractivity contribution in [2.75, 3.05) is 0 Å². The SMILES string of the molecule is CCCC(C#N)C(=O)c1cc(Br)cc([N+](=O)[O-])c1. The minimum absolute atomic E-state index is 0.166. The minimum atomic E-state index is -0.746. The molecule has 6 heteroatoms. The smallest absolute Gasteiger partial charge is 0.271 e. The predicted octanol–water partition coefficient (Wildman–Crippen LogP) is 3.48. The molecular formula is C12H11BrN2O3. The zero-order chi connectivity index (χ0) is 13.7. The first kappa shape index (κ1) is 14.3. The standard InChI is InChI=1S/C12H11BrN2O3/c1-2-3-8(7-14)12(16)9-4-10(13)6-11(5-9)15(17)18/h4-6,8H,2-3H2,1H3. The molecule has 0 radical (unpaired) electrons. The average Bonchev–Trinajstić information content (AvgIpc) is 2.34. The third-order valence-corrected chi connectivity index (χ3v) is 2.89. The molecule has 5 nitrogen and oxygen atoms in total. The van der Waals surface area contributed by atoms with Gasteiger partial charge in [-0.25, -0.2) is 0 Å². The number of hydrogen-bond acceptors (Lipinski definition) is 4. The van der Waals surface area contributed by atoms with Crippen molar-refractivity contribution in [1.29, 1.82) is 5.26 Å². The Labute approximate surface area is 113 Å². The van der Waals surface area contributed by atoms with Gasteiger partial charge in [-0.15, -0.1) is 0 Å². The van der Waals surface area contributed by atoms with Crippen LogP contribution in [0.15, 0.2) is 22.7 Å². The summed E-state index contributed by atoms with van der Waals surface area (Å²) in [7, 11) is 0. The van der Waals surface area contributed by atoms with E-state index in [1.807, 2.05) is 13.0 Å². The molecule has 1 aromatic rings. The van der Waals surface area contributed by atoms with Crippen LogP contribution in [0, 0.1) is 27.4 Å². The highest BCUT2D eigenvalue weighted by Gasteiger charge is 2.21. The van der Waals surface area contributed by atoms with Crippen molar-refractivity contribution in [2.45, 2.75) is 19.8 Å². The fourth-order valence-corrected chi connectivity index (χ4v) is 2.05. The number of nitro groups is 1. The molecule has 1 aromatic carbocycles.